The molecule has 2 aromatic rings. The van der Waals surface area contributed by atoms with Crippen LogP contribution in [0.4, 0.5) is 0 Å². The van der Waals surface area contributed by atoms with Gasteiger partial charge in [-0.25, -0.2) is 0 Å². The topological polar surface area (TPSA) is 0 Å². The molecule has 0 unspecified atom stereocenters. The zero-order valence-corrected chi connectivity index (χ0v) is 13.5. The first-order chi connectivity index (χ1) is 8.42. The number of rotatable bonds is 5. The molecule has 0 aliphatic carbocycles. The first kappa shape index (κ1) is 13.1. The minimum absolute atomic E-state index is 0.742. The molecule has 0 fully saturated rings. The van der Waals surface area contributed by atoms with E-state index in [2.05, 4.69) is 70.7 Å². The van der Waals surface area contributed by atoms with E-state index in [0.717, 1.165) is 11.6 Å². The molecule has 90 valence electrons. The Morgan fingerprint density at radius 1 is 0.824 bits per heavy atom. The fraction of sp³-hybridized carbons (Fsp3) is 0.143. The molecule has 0 aliphatic heterocycles. The van der Waals surface area contributed by atoms with Gasteiger partial charge in [0.25, 0.3) is 0 Å². The van der Waals surface area contributed by atoms with Crippen LogP contribution in [0, 0.1) is 0 Å². The first-order valence-electron chi connectivity index (χ1n) is 5.69. The summed E-state index contributed by atoms with van der Waals surface area (Å²) in [5, 5.41) is 0. The molecule has 0 aromatic heterocycles. The summed E-state index contributed by atoms with van der Waals surface area (Å²) in [5.41, 5.74) is 0. The summed E-state index contributed by atoms with van der Waals surface area (Å²) in [4.78, 5) is 0. The molecule has 0 atom stereocenters. The molecule has 0 saturated heterocycles. The molecule has 0 amide bonds. The Balaban J connectivity index is 2.26. The average molecular weight is 327 g/mol. The number of halogens is 1. The SMILES string of the molecule is ClCCS[AsH2](c1ccccc1)c1ccccc1. The third kappa shape index (κ3) is 3.81. The number of hydrogen-bond acceptors (Lipinski definition) is 1. The van der Waals surface area contributed by atoms with E-state index in [1.807, 2.05) is 0 Å². The van der Waals surface area contributed by atoms with Crippen LogP contribution in [0.15, 0.2) is 60.7 Å². The van der Waals surface area contributed by atoms with Crippen molar-refractivity contribution >= 4 is 43.8 Å². The van der Waals surface area contributed by atoms with E-state index in [-0.39, 0.29) is 0 Å². The van der Waals surface area contributed by atoms with E-state index >= 15 is 0 Å². The van der Waals surface area contributed by atoms with Crippen molar-refractivity contribution in [3.05, 3.63) is 60.7 Å². The second-order valence-corrected chi connectivity index (χ2v) is 13.8. The normalized spacial score (nSPS) is 11.2. The fourth-order valence-electron chi connectivity index (χ4n) is 1.80. The van der Waals surface area contributed by atoms with Gasteiger partial charge in [0, 0.05) is 0 Å². The summed E-state index contributed by atoms with van der Waals surface area (Å²) in [5.74, 6) is 1.79. The van der Waals surface area contributed by atoms with Crippen molar-refractivity contribution in [3.8, 4) is 0 Å². The Labute approximate surface area is 116 Å². The predicted molar refractivity (Wildman–Crippen MR) is 83.9 cm³/mol. The summed E-state index contributed by atoms with van der Waals surface area (Å²) in [6.07, 6.45) is 0. The molecular formula is C14H16AsClS. The summed E-state index contributed by atoms with van der Waals surface area (Å²) in [6.45, 7) is 0. The maximum absolute atomic E-state index is 5.83. The van der Waals surface area contributed by atoms with Gasteiger partial charge in [-0.1, -0.05) is 0 Å². The maximum atomic E-state index is 5.83. The molecule has 0 spiro atoms. The van der Waals surface area contributed by atoms with Crippen molar-refractivity contribution in [2.75, 3.05) is 11.6 Å². The van der Waals surface area contributed by atoms with Crippen molar-refractivity contribution in [1.82, 2.24) is 0 Å². The van der Waals surface area contributed by atoms with Gasteiger partial charge in [0.1, 0.15) is 0 Å². The van der Waals surface area contributed by atoms with Crippen molar-refractivity contribution in [2.24, 2.45) is 0 Å². The molecule has 0 heterocycles. The van der Waals surface area contributed by atoms with Gasteiger partial charge >= 0.3 is 116 Å². The second-order valence-electron chi connectivity index (χ2n) is 3.76. The summed E-state index contributed by atoms with van der Waals surface area (Å²) in [7, 11) is 2.08. The predicted octanol–water partition coefficient (Wildman–Crippen LogP) is 2.23. The molecule has 2 aromatic carbocycles. The van der Waals surface area contributed by atoms with Crippen LogP contribution >= 0.6 is 21.6 Å². The van der Waals surface area contributed by atoms with E-state index in [1.54, 1.807) is 0 Å². The van der Waals surface area contributed by atoms with Crippen LogP contribution in [0.2, 0.25) is 0 Å². The van der Waals surface area contributed by atoms with E-state index in [1.165, 1.54) is 8.70 Å². The summed E-state index contributed by atoms with van der Waals surface area (Å²) < 4.78 is 3.06. The van der Waals surface area contributed by atoms with Crippen molar-refractivity contribution < 1.29 is 0 Å². The number of hydrogen-bond donors (Lipinski definition) is 0. The zero-order valence-electron chi connectivity index (χ0n) is 9.55. The summed E-state index contributed by atoms with van der Waals surface area (Å²) >= 11 is 4.16. The molecule has 0 N–H and O–H groups in total. The van der Waals surface area contributed by atoms with Crippen LogP contribution in [0.1, 0.15) is 0 Å². The van der Waals surface area contributed by atoms with Crippen LogP contribution in [-0.2, 0) is 0 Å². The molecule has 3 heteroatoms. The van der Waals surface area contributed by atoms with Gasteiger partial charge in [-0.05, 0) is 0 Å². The zero-order chi connectivity index (χ0) is 11.9. The Hall–Kier alpha value is -0.362. The molecule has 0 bridgehead atoms. The molecule has 17 heavy (non-hydrogen) atoms. The van der Waals surface area contributed by atoms with Gasteiger partial charge in [0.05, 0.1) is 0 Å². The molecule has 0 radical (unpaired) electrons. The minimum atomic E-state index is -1.67. The number of alkyl halides is 1. The third-order valence-electron chi connectivity index (χ3n) is 2.57. The van der Waals surface area contributed by atoms with E-state index in [4.69, 9.17) is 11.6 Å². The van der Waals surface area contributed by atoms with Crippen LogP contribution in [0.25, 0.3) is 0 Å². The van der Waals surface area contributed by atoms with Crippen LogP contribution in [0.3, 0.4) is 0 Å². The van der Waals surface area contributed by atoms with Crippen LogP contribution in [0.5, 0.6) is 0 Å². The third-order valence-corrected chi connectivity index (χ3v) is 14.3. The van der Waals surface area contributed by atoms with Gasteiger partial charge in [0.2, 0.25) is 0 Å². The quantitative estimate of drug-likeness (QED) is 0.600. The monoisotopic (exact) mass is 326 g/mol. The molecule has 0 aliphatic rings. The Kier molecular flexibility index (Phi) is 5.51. The molecule has 2 rings (SSSR count). The standard InChI is InChI=1S/C14H16AsClS/c16-11-12-17-15(13-7-3-1-4-8-13)14-9-5-2-6-10-14/h1-10H,11-12,15H2. The van der Waals surface area contributed by atoms with Gasteiger partial charge in [-0.3, -0.25) is 0 Å². The van der Waals surface area contributed by atoms with E-state index in [9.17, 15) is 0 Å². The average Bonchev–Trinajstić information content (AvgIpc) is 2.42. The Bertz CT molecular complexity index is 393. The van der Waals surface area contributed by atoms with Gasteiger partial charge < -0.3 is 0 Å². The van der Waals surface area contributed by atoms with E-state index in [0.29, 0.717) is 0 Å². The molecule has 0 nitrogen and oxygen atoms in total. The van der Waals surface area contributed by atoms with Crippen molar-refractivity contribution in [3.63, 3.8) is 0 Å². The van der Waals surface area contributed by atoms with E-state index < -0.39 is 13.5 Å². The van der Waals surface area contributed by atoms with Crippen molar-refractivity contribution in [1.29, 1.82) is 0 Å². The second kappa shape index (κ2) is 7.16. The first-order valence-corrected chi connectivity index (χ1v) is 12.7. The van der Waals surface area contributed by atoms with Crippen molar-refractivity contribution in [2.45, 2.75) is 0 Å². The van der Waals surface area contributed by atoms with Crippen LogP contribution < -0.4 is 8.70 Å². The van der Waals surface area contributed by atoms with Gasteiger partial charge in [-0.15, -0.1) is 0 Å². The fourth-order valence-corrected chi connectivity index (χ4v) is 13.2. The molecular weight excluding hydrogens is 311 g/mol. The Morgan fingerprint density at radius 3 is 1.71 bits per heavy atom. The van der Waals surface area contributed by atoms with Gasteiger partial charge in [0.15, 0.2) is 0 Å². The number of benzene rings is 2. The summed E-state index contributed by atoms with van der Waals surface area (Å²) in [6, 6.07) is 21.8. The van der Waals surface area contributed by atoms with Crippen LogP contribution in [-0.4, -0.2) is 25.1 Å². The Morgan fingerprint density at radius 2 is 1.29 bits per heavy atom. The van der Waals surface area contributed by atoms with Gasteiger partial charge in [-0.2, -0.15) is 0 Å². The molecule has 0 saturated carbocycles.